The second-order valence-electron chi connectivity index (χ2n) is 3.55. The third-order valence-corrected chi connectivity index (χ3v) is 3.34. The number of halogens is 2. The maximum absolute atomic E-state index is 13.6. The van der Waals surface area contributed by atoms with Gasteiger partial charge in [-0.05, 0) is 12.1 Å². The van der Waals surface area contributed by atoms with E-state index in [1.807, 2.05) is 0 Å². The van der Waals surface area contributed by atoms with Crippen molar-refractivity contribution in [1.82, 2.24) is 4.72 Å². The van der Waals surface area contributed by atoms with Crippen LogP contribution in [0.25, 0.3) is 0 Å². The molecule has 1 unspecified atom stereocenters. The molecular formula is C9H9BrFNO3S. The quantitative estimate of drug-likeness (QED) is 0.902. The van der Waals surface area contributed by atoms with Crippen molar-refractivity contribution in [3.8, 4) is 5.75 Å². The Labute approximate surface area is 101 Å². The van der Waals surface area contributed by atoms with Crippen LogP contribution in [-0.2, 0) is 10.0 Å². The molecule has 1 aliphatic rings. The van der Waals surface area contributed by atoms with Gasteiger partial charge in [-0.1, -0.05) is 15.9 Å². The van der Waals surface area contributed by atoms with Gasteiger partial charge >= 0.3 is 0 Å². The maximum atomic E-state index is 13.6. The summed E-state index contributed by atoms with van der Waals surface area (Å²) >= 11 is 3.14. The van der Waals surface area contributed by atoms with Gasteiger partial charge in [0.25, 0.3) is 0 Å². The van der Waals surface area contributed by atoms with Crippen LogP contribution in [-0.4, -0.2) is 21.3 Å². The molecule has 0 aromatic heterocycles. The first-order valence-corrected chi connectivity index (χ1v) is 7.14. The standard InChI is InChI=1S/C9H9BrFNO3S/c1-16(13,14)12-7-4-15-8-3-5(10)2-6(11)9(7)8/h2-3,7,12H,4H2,1H3. The van der Waals surface area contributed by atoms with Crippen molar-refractivity contribution in [2.24, 2.45) is 0 Å². The summed E-state index contributed by atoms with van der Waals surface area (Å²) in [6, 6.07) is 2.24. The van der Waals surface area contributed by atoms with Crippen LogP contribution < -0.4 is 9.46 Å². The van der Waals surface area contributed by atoms with Crippen LogP contribution in [0.2, 0.25) is 0 Å². The van der Waals surface area contributed by atoms with Crippen LogP contribution in [0, 0.1) is 5.82 Å². The van der Waals surface area contributed by atoms with Gasteiger partial charge in [-0.3, -0.25) is 0 Å². The SMILES string of the molecule is CS(=O)(=O)NC1COc2cc(Br)cc(F)c21. The zero-order valence-corrected chi connectivity index (χ0v) is 10.7. The molecule has 0 amide bonds. The van der Waals surface area contributed by atoms with E-state index in [9.17, 15) is 12.8 Å². The van der Waals surface area contributed by atoms with E-state index < -0.39 is 21.9 Å². The molecule has 0 fully saturated rings. The largest absolute Gasteiger partial charge is 0.491 e. The first-order valence-electron chi connectivity index (χ1n) is 4.46. The van der Waals surface area contributed by atoms with Crippen molar-refractivity contribution in [2.45, 2.75) is 6.04 Å². The topological polar surface area (TPSA) is 55.4 Å². The molecule has 1 aromatic rings. The summed E-state index contributed by atoms with van der Waals surface area (Å²) in [5.41, 5.74) is 0.258. The molecule has 1 N–H and O–H groups in total. The van der Waals surface area contributed by atoms with Gasteiger partial charge in [-0.15, -0.1) is 0 Å². The summed E-state index contributed by atoms with van der Waals surface area (Å²) in [4.78, 5) is 0. The number of nitrogens with one attached hydrogen (secondary N) is 1. The molecule has 1 atom stereocenters. The lowest BCUT2D eigenvalue weighted by Gasteiger charge is -2.09. The number of sulfonamides is 1. The summed E-state index contributed by atoms with van der Waals surface area (Å²) in [7, 11) is -3.39. The number of hydrogen-bond acceptors (Lipinski definition) is 3. The third kappa shape index (κ3) is 2.36. The highest BCUT2D eigenvalue weighted by molar-refractivity contribution is 9.10. The van der Waals surface area contributed by atoms with Gasteiger partial charge in [0.05, 0.1) is 17.9 Å². The molecule has 0 saturated carbocycles. The molecule has 0 radical (unpaired) electrons. The summed E-state index contributed by atoms with van der Waals surface area (Å²) in [5.74, 6) is -0.115. The molecule has 0 spiro atoms. The molecule has 2 rings (SSSR count). The molecule has 1 heterocycles. The minimum Gasteiger partial charge on any atom is -0.491 e. The maximum Gasteiger partial charge on any atom is 0.209 e. The second-order valence-corrected chi connectivity index (χ2v) is 6.25. The van der Waals surface area contributed by atoms with Gasteiger partial charge in [-0.2, -0.15) is 0 Å². The predicted molar refractivity (Wildman–Crippen MR) is 60.3 cm³/mol. The van der Waals surface area contributed by atoms with Gasteiger partial charge in [0.15, 0.2) is 0 Å². The third-order valence-electron chi connectivity index (χ3n) is 2.17. The van der Waals surface area contributed by atoms with Gasteiger partial charge in [0.1, 0.15) is 18.2 Å². The van der Waals surface area contributed by atoms with E-state index in [0.29, 0.717) is 10.2 Å². The van der Waals surface area contributed by atoms with Crippen molar-refractivity contribution in [3.05, 3.63) is 28.0 Å². The monoisotopic (exact) mass is 309 g/mol. The average molecular weight is 310 g/mol. The Morgan fingerprint density at radius 2 is 2.25 bits per heavy atom. The molecule has 0 bridgehead atoms. The fourth-order valence-electron chi connectivity index (χ4n) is 1.63. The molecule has 0 saturated heterocycles. The number of benzene rings is 1. The Bertz CT molecular complexity index is 532. The molecule has 16 heavy (non-hydrogen) atoms. The van der Waals surface area contributed by atoms with E-state index in [0.717, 1.165) is 6.26 Å². The van der Waals surface area contributed by atoms with Crippen LogP contribution in [0.1, 0.15) is 11.6 Å². The van der Waals surface area contributed by atoms with E-state index in [4.69, 9.17) is 4.74 Å². The summed E-state index contributed by atoms with van der Waals surface area (Å²) in [5, 5.41) is 0. The Morgan fingerprint density at radius 1 is 1.56 bits per heavy atom. The number of hydrogen-bond donors (Lipinski definition) is 1. The Balaban J connectivity index is 2.40. The fourth-order valence-corrected chi connectivity index (χ4v) is 2.74. The molecule has 1 aliphatic heterocycles. The van der Waals surface area contributed by atoms with Crippen molar-refractivity contribution in [2.75, 3.05) is 12.9 Å². The van der Waals surface area contributed by atoms with Crippen molar-refractivity contribution >= 4 is 26.0 Å². The normalized spacial score (nSPS) is 19.3. The molecule has 1 aromatic carbocycles. The average Bonchev–Trinajstić information content (AvgIpc) is 2.44. The highest BCUT2D eigenvalue weighted by Crippen LogP contribution is 2.37. The Morgan fingerprint density at radius 3 is 2.88 bits per heavy atom. The van der Waals surface area contributed by atoms with Gasteiger partial charge in [0, 0.05) is 4.47 Å². The molecule has 7 heteroatoms. The number of rotatable bonds is 2. The van der Waals surface area contributed by atoms with Crippen LogP contribution in [0.3, 0.4) is 0 Å². The van der Waals surface area contributed by atoms with Crippen LogP contribution in [0.4, 0.5) is 4.39 Å². The van der Waals surface area contributed by atoms with Crippen molar-refractivity contribution in [3.63, 3.8) is 0 Å². The lowest BCUT2D eigenvalue weighted by molar-refractivity contribution is 0.325. The van der Waals surface area contributed by atoms with Gasteiger partial charge in [-0.25, -0.2) is 17.5 Å². The minimum absolute atomic E-state index is 0.107. The lowest BCUT2D eigenvalue weighted by atomic mass is 10.1. The summed E-state index contributed by atoms with van der Waals surface area (Å²) in [6.45, 7) is 0.107. The van der Waals surface area contributed by atoms with E-state index >= 15 is 0 Å². The fraction of sp³-hybridized carbons (Fsp3) is 0.333. The van der Waals surface area contributed by atoms with E-state index in [1.165, 1.54) is 6.07 Å². The Kier molecular flexibility index (Phi) is 2.93. The van der Waals surface area contributed by atoms with Crippen molar-refractivity contribution in [1.29, 1.82) is 0 Å². The van der Waals surface area contributed by atoms with Crippen LogP contribution >= 0.6 is 15.9 Å². The smallest absolute Gasteiger partial charge is 0.209 e. The highest BCUT2D eigenvalue weighted by Gasteiger charge is 2.30. The molecular weight excluding hydrogens is 301 g/mol. The van der Waals surface area contributed by atoms with Gasteiger partial charge in [0.2, 0.25) is 10.0 Å². The van der Waals surface area contributed by atoms with E-state index in [2.05, 4.69) is 20.7 Å². The Hall–Kier alpha value is -0.660. The van der Waals surface area contributed by atoms with Crippen LogP contribution in [0.5, 0.6) is 5.75 Å². The van der Waals surface area contributed by atoms with Crippen LogP contribution in [0.15, 0.2) is 16.6 Å². The van der Waals surface area contributed by atoms with E-state index in [-0.39, 0.29) is 12.2 Å². The highest BCUT2D eigenvalue weighted by atomic mass is 79.9. The number of ether oxygens (including phenoxy) is 1. The first kappa shape index (κ1) is 11.8. The van der Waals surface area contributed by atoms with Crippen molar-refractivity contribution < 1.29 is 17.5 Å². The second kappa shape index (κ2) is 3.97. The predicted octanol–water partition coefficient (Wildman–Crippen LogP) is 1.57. The van der Waals surface area contributed by atoms with E-state index in [1.54, 1.807) is 6.07 Å². The zero-order valence-electron chi connectivity index (χ0n) is 8.33. The number of fused-ring (bicyclic) bond motifs is 1. The molecule has 0 aliphatic carbocycles. The molecule has 4 nitrogen and oxygen atoms in total. The van der Waals surface area contributed by atoms with Gasteiger partial charge < -0.3 is 4.74 Å². The molecule has 88 valence electrons. The lowest BCUT2D eigenvalue weighted by Crippen LogP contribution is -2.28. The minimum atomic E-state index is -3.39. The summed E-state index contributed by atoms with van der Waals surface area (Å²) in [6.07, 6.45) is 1.03. The summed E-state index contributed by atoms with van der Waals surface area (Å²) < 4.78 is 43.9. The zero-order chi connectivity index (χ0) is 11.9. The first-order chi connectivity index (χ1) is 7.37.